The van der Waals surface area contributed by atoms with Crippen molar-refractivity contribution >= 4 is 5.91 Å². The quantitative estimate of drug-likeness (QED) is 0.808. The summed E-state index contributed by atoms with van der Waals surface area (Å²) in [6.07, 6.45) is 6.81. The number of hydrogen-bond acceptors (Lipinski definition) is 4. The third-order valence-electron chi connectivity index (χ3n) is 4.24. The molecule has 0 spiro atoms. The minimum Gasteiger partial charge on any atom is -0.394 e. The van der Waals surface area contributed by atoms with Crippen LogP contribution in [-0.4, -0.2) is 61.0 Å². The molecule has 1 saturated carbocycles. The van der Waals surface area contributed by atoms with E-state index in [-0.39, 0.29) is 37.4 Å². The van der Waals surface area contributed by atoms with E-state index in [1.807, 2.05) is 0 Å². The zero-order valence-electron chi connectivity index (χ0n) is 11.7. The van der Waals surface area contributed by atoms with Gasteiger partial charge in [-0.2, -0.15) is 0 Å². The Hall–Kier alpha value is -0.650. The fourth-order valence-electron chi connectivity index (χ4n) is 3.03. The van der Waals surface area contributed by atoms with E-state index in [4.69, 9.17) is 9.47 Å². The van der Waals surface area contributed by atoms with Gasteiger partial charge in [0.1, 0.15) is 6.61 Å². The number of amides is 1. The Morgan fingerprint density at radius 2 is 2.00 bits per heavy atom. The van der Waals surface area contributed by atoms with Crippen LogP contribution >= 0.6 is 0 Å². The lowest BCUT2D eigenvalue weighted by molar-refractivity contribution is -0.140. The van der Waals surface area contributed by atoms with Crippen molar-refractivity contribution in [1.82, 2.24) is 4.90 Å². The summed E-state index contributed by atoms with van der Waals surface area (Å²) in [5.41, 5.74) is 0. The Labute approximate surface area is 114 Å². The van der Waals surface area contributed by atoms with E-state index in [1.54, 1.807) is 12.0 Å². The maximum Gasteiger partial charge on any atom is 0.249 e. The number of aliphatic hydroxyl groups excluding tert-OH is 1. The molecule has 0 radical (unpaired) electrons. The summed E-state index contributed by atoms with van der Waals surface area (Å²) in [6.45, 7) is 0.696. The van der Waals surface area contributed by atoms with E-state index in [0.717, 1.165) is 12.8 Å². The highest BCUT2D eigenvalue weighted by Gasteiger charge is 2.35. The third-order valence-corrected chi connectivity index (χ3v) is 4.24. The van der Waals surface area contributed by atoms with Crippen molar-refractivity contribution in [2.24, 2.45) is 0 Å². The normalized spacial score (nSPS) is 28.8. The number of ether oxygens (including phenoxy) is 2. The fraction of sp³-hybridized carbons (Fsp3) is 0.929. The lowest BCUT2D eigenvalue weighted by Gasteiger charge is -2.26. The van der Waals surface area contributed by atoms with Crippen LogP contribution in [0.25, 0.3) is 0 Å². The number of nitrogens with zero attached hydrogens (tertiary/aromatic N) is 1. The van der Waals surface area contributed by atoms with Crippen LogP contribution in [0.4, 0.5) is 0 Å². The topological polar surface area (TPSA) is 59.0 Å². The molecule has 0 unspecified atom stereocenters. The van der Waals surface area contributed by atoms with Crippen LogP contribution < -0.4 is 0 Å². The highest BCUT2D eigenvalue weighted by molar-refractivity contribution is 5.78. The second-order valence-electron chi connectivity index (χ2n) is 5.55. The molecule has 1 aliphatic carbocycles. The molecule has 19 heavy (non-hydrogen) atoms. The molecular weight excluding hydrogens is 246 g/mol. The molecule has 0 aromatic carbocycles. The molecule has 1 N–H and O–H groups in total. The lowest BCUT2D eigenvalue weighted by atomic mass is 9.98. The van der Waals surface area contributed by atoms with Gasteiger partial charge in [-0.25, -0.2) is 0 Å². The Morgan fingerprint density at radius 3 is 2.63 bits per heavy atom. The number of carbonyl (C=O) groups excluding carboxylic acids is 1. The summed E-state index contributed by atoms with van der Waals surface area (Å²) >= 11 is 0. The van der Waals surface area contributed by atoms with Crippen LogP contribution in [0.3, 0.4) is 0 Å². The van der Waals surface area contributed by atoms with Crippen molar-refractivity contribution < 1.29 is 19.4 Å². The van der Waals surface area contributed by atoms with Crippen molar-refractivity contribution in [2.75, 3.05) is 26.9 Å². The fourth-order valence-corrected chi connectivity index (χ4v) is 3.03. The zero-order chi connectivity index (χ0) is 13.7. The molecule has 0 bridgehead atoms. The molecule has 5 heteroatoms. The number of carbonyl (C=O) groups is 1. The van der Waals surface area contributed by atoms with Crippen LogP contribution in [0.2, 0.25) is 0 Å². The Bertz CT molecular complexity index is 291. The summed E-state index contributed by atoms with van der Waals surface area (Å²) in [7, 11) is 1.64. The number of rotatable bonds is 5. The highest BCUT2D eigenvalue weighted by atomic mass is 16.5. The summed E-state index contributed by atoms with van der Waals surface area (Å²) in [5.74, 6) is -0.0239. The Balaban J connectivity index is 1.78. The number of likely N-dealkylation sites (tertiary alicyclic amines) is 1. The summed E-state index contributed by atoms with van der Waals surface area (Å²) < 4.78 is 11.0. The standard InChI is InChI=1S/C14H25NO4/c1-18-13-7-11(9-16)15(8-13)14(17)10-19-12-5-3-2-4-6-12/h11-13,16H,2-10H2,1H3/t11-,13-/m0/s1. The van der Waals surface area contributed by atoms with Crippen molar-refractivity contribution in [3.63, 3.8) is 0 Å². The van der Waals surface area contributed by atoms with Gasteiger partial charge in [0.05, 0.1) is 24.9 Å². The second-order valence-corrected chi connectivity index (χ2v) is 5.55. The van der Waals surface area contributed by atoms with E-state index in [9.17, 15) is 9.90 Å². The first-order valence-electron chi connectivity index (χ1n) is 7.29. The minimum absolute atomic E-state index is 0.00493. The average Bonchev–Trinajstić information content (AvgIpc) is 2.89. The van der Waals surface area contributed by atoms with Crippen molar-refractivity contribution in [3.8, 4) is 0 Å². The van der Waals surface area contributed by atoms with Gasteiger partial charge < -0.3 is 19.5 Å². The van der Waals surface area contributed by atoms with Gasteiger partial charge in [0, 0.05) is 13.7 Å². The SMILES string of the molecule is CO[C@H]1C[C@@H](CO)N(C(=O)COC2CCCCC2)C1. The Kier molecular flexibility index (Phi) is 5.60. The third kappa shape index (κ3) is 3.91. The summed E-state index contributed by atoms with van der Waals surface area (Å²) in [5, 5.41) is 9.33. The number of methoxy groups -OCH3 is 1. The predicted octanol–water partition coefficient (Wildman–Crippen LogP) is 0.944. The molecule has 110 valence electrons. The lowest BCUT2D eigenvalue weighted by Crippen LogP contribution is -2.41. The summed E-state index contributed by atoms with van der Waals surface area (Å²) in [6, 6.07) is -0.118. The monoisotopic (exact) mass is 271 g/mol. The molecule has 1 saturated heterocycles. The minimum atomic E-state index is -0.118. The Morgan fingerprint density at radius 1 is 1.26 bits per heavy atom. The average molecular weight is 271 g/mol. The first-order chi connectivity index (χ1) is 9.24. The molecule has 2 rings (SSSR count). The molecule has 2 atom stereocenters. The van der Waals surface area contributed by atoms with Crippen LogP contribution in [0.5, 0.6) is 0 Å². The maximum absolute atomic E-state index is 12.2. The van der Waals surface area contributed by atoms with Crippen LogP contribution in [0, 0.1) is 0 Å². The van der Waals surface area contributed by atoms with Gasteiger partial charge in [-0.15, -0.1) is 0 Å². The molecule has 2 fully saturated rings. The van der Waals surface area contributed by atoms with Gasteiger partial charge in [-0.3, -0.25) is 4.79 Å². The van der Waals surface area contributed by atoms with E-state index >= 15 is 0 Å². The van der Waals surface area contributed by atoms with Gasteiger partial charge >= 0.3 is 0 Å². The molecule has 1 aliphatic heterocycles. The van der Waals surface area contributed by atoms with Crippen LogP contribution in [0.15, 0.2) is 0 Å². The van der Waals surface area contributed by atoms with Gasteiger partial charge in [-0.1, -0.05) is 19.3 Å². The van der Waals surface area contributed by atoms with E-state index < -0.39 is 0 Å². The van der Waals surface area contributed by atoms with E-state index in [2.05, 4.69) is 0 Å². The van der Waals surface area contributed by atoms with Gasteiger partial charge in [0.15, 0.2) is 0 Å². The van der Waals surface area contributed by atoms with Crippen LogP contribution in [-0.2, 0) is 14.3 Å². The summed E-state index contributed by atoms with van der Waals surface area (Å²) in [4.78, 5) is 13.9. The smallest absolute Gasteiger partial charge is 0.249 e. The molecule has 1 amide bonds. The first kappa shape index (κ1) is 14.8. The molecule has 0 aromatic heterocycles. The van der Waals surface area contributed by atoms with Crippen molar-refractivity contribution in [3.05, 3.63) is 0 Å². The van der Waals surface area contributed by atoms with Gasteiger partial charge in [-0.05, 0) is 19.3 Å². The zero-order valence-corrected chi connectivity index (χ0v) is 11.7. The van der Waals surface area contributed by atoms with Crippen molar-refractivity contribution in [1.29, 1.82) is 0 Å². The molecule has 2 aliphatic rings. The van der Waals surface area contributed by atoms with Crippen molar-refractivity contribution in [2.45, 2.75) is 56.8 Å². The molecular formula is C14H25NO4. The first-order valence-corrected chi connectivity index (χ1v) is 7.29. The van der Waals surface area contributed by atoms with Gasteiger partial charge in [0.2, 0.25) is 5.91 Å². The van der Waals surface area contributed by atoms with E-state index in [0.29, 0.717) is 13.0 Å². The molecule has 5 nitrogen and oxygen atoms in total. The van der Waals surface area contributed by atoms with Gasteiger partial charge in [0.25, 0.3) is 0 Å². The number of hydrogen-bond donors (Lipinski definition) is 1. The highest BCUT2D eigenvalue weighted by Crippen LogP contribution is 2.22. The predicted molar refractivity (Wildman–Crippen MR) is 70.8 cm³/mol. The van der Waals surface area contributed by atoms with E-state index in [1.165, 1.54) is 19.3 Å². The second kappa shape index (κ2) is 7.22. The molecule has 1 heterocycles. The number of aliphatic hydroxyl groups is 1. The van der Waals surface area contributed by atoms with Crippen LogP contribution in [0.1, 0.15) is 38.5 Å². The molecule has 0 aromatic rings. The largest absolute Gasteiger partial charge is 0.394 e. The maximum atomic E-state index is 12.2.